The van der Waals surface area contributed by atoms with Crippen LogP contribution in [0, 0.1) is 5.41 Å². The van der Waals surface area contributed by atoms with E-state index < -0.39 is 16.9 Å². The molecular weight excluding hydrogens is 406 g/mol. The summed E-state index contributed by atoms with van der Waals surface area (Å²) in [6, 6.07) is 14.8. The maximum Gasteiger partial charge on any atom is 0.335 e. The maximum absolute atomic E-state index is 14.2. The molecule has 0 saturated heterocycles. The number of nitrogens with two attached hydrogens (primary N) is 1. The highest BCUT2D eigenvalue weighted by atomic mass is 16.5. The molecule has 3 aliphatic rings. The summed E-state index contributed by atoms with van der Waals surface area (Å²) in [6.07, 6.45) is 4.04. The zero-order chi connectivity index (χ0) is 22.5. The van der Waals surface area contributed by atoms with E-state index in [-0.39, 0.29) is 23.5 Å². The number of benzene rings is 2. The van der Waals surface area contributed by atoms with E-state index in [4.69, 9.17) is 15.5 Å². The van der Waals surface area contributed by atoms with Crippen molar-refractivity contribution in [1.82, 2.24) is 4.90 Å². The first-order valence-electron chi connectivity index (χ1n) is 11.0. The van der Waals surface area contributed by atoms with Crippen molar-refractivity contribution in [3.05, 3.63) is 70.8 Å². The number of rotatable bonds is 4. The molecular formula is C25H27N3O4. The molecule has 2 spiro atoms. The summed E-state index contributed by atoms with van der Waals surface area (Å²) < 4.78 is 5.59. The Morgan fingerprint density at radius 1 is 1.22 bits per heavy atom. The van der Waals surface area contributed by atoms with E-state index in [9.17, 15) is 14.7 Å². The Bertz CT molecular complexity index is 1110. The Morgan fingerprint density at radius 2 is 1.94 bits per heavy atom. The molecule has 166 valence electrons. The molecule has 2 aromatic rings. The third-order valence-corrected chi connectivity index (χ3v) is 7.56. The molecule has 2 aromatic carbocycles. The highest BCUT2D eigenvalue weighted by Gasteiger charge is 2.66. The first-order chi connectivity index (χ1) is 15.4. The van der Waals surface area contributed by atoms with E-state index >= 15 is 0 Å². The van der Waals surface area contributed by atoms with Gasteiger partial charge in [-0.3, -0.25) is 9.69 Å². The second-order valence-electron chi connectivity index (χ2n) is 9.13. The Morgan fingerprint density at radius 3 is 2.59 bits per heavy atom. The van der Waals surface area contributed by atoms with Crippen LogP contribution in [0.2, 0.25) is 0 Å². The Hall–Kier alpha value is -3.19. The minimum Gasteiger partial charge on any atom is -0.478 e. The number of carboxylic acids is 1. The van der Waals surface area contributed by atoms with Crippen LogP contribution >= 0.6 is 0 Å². The van der Waals surface area contributed by atoms with Crippen molar-refractivity contribution in [3.63, 3.8) is 0 Å². The van der Waals surface area contributed by atoms with Gasteiger partial charge in [-0.05, 0) is 60.9 Å². The van der Waals surface area contributed by atoms with E-state index in [0.29, 0.717) is 18.5 Å². The molecule has 0 aromatic heterocycles. The number of aliphatic imine (C=N–C) groups is 1. The first kappa shape index (κ1) is 20.7. The highest BCUT2D eigenvalue weighted by Crippen LogP contribution is 2.62. The minimum absolute atomic E-state index is 0.156. The fourth-order valence-corrected chi connectivity index (χ4v) is 5.92. The van der Waals surface area contributed by atoms with Crippen LogP contribution in [0.1, 0.15) is 52.7 Å². The molecule has 1 heterocycles. The first-order valence-corrected chi connectivity index (χ1v) is 11.0. The fraction of sp³-hybridized carbons (Fsp3) is 0.400. The zero-order valence-electron chi connectivity index (χ0n) is 18.1. The summed E-state index contributed by atoms with van der Waals surface area (Å²) in [4.78, 5) is 32.3. The van der Waals surface area contributed by atoms with Crippen LogP contribution in [-0.2, 0) is 28.0 Å². The van der Waals surface area contributed by atoms with E-state index in [1.807, 2.05) is 36.4 Å². The van der Waals surface area contributed by atoms with E-state index in [0.717, 1.165) is 36.8 Å². The molecule has 32 heavy (non-hydrogen) atoms. The van der Waals surface area contributed by atoms with Crippen LogP contribution in [0.5, 0.6) is 0 Å². The van der Waals surface area contributed by atoms with E-state index in [2.05, 4.69) is 0 Å². The van der Waals surface area contributed by atoms with Crippen LogP contribution in [0.15, 0.2) is 53.5 Å². The number of amides is 1. The van der Waals surface area contributed by atoms with Gasteiger partial charge in [0, 0.05) is 12.5 Å². The molecule has 1 atom stereocenters. The van der Waals surface area contributed by atoms with Gasteiger partial charge in [0.05, 0.1) is 18.2 Å². The Labute approximate surface area is 186 Å². The number of guanidine groups is 1. The van der Waals surface area contributed by atoms with Gasteiger partial charge in [0.25, 0.3) is 5.91 Å². The smallest absolute Gasteiger partial charge is 0.335 e. The lowest BCUT2D eigenvalue weighted by atomic mass is 9.61. The highest BCUT2D eigenvalue weighted by molar-refractivity contribution is 6.08. The lowest BCUT2D eigenvalue weighted by Gasteiger charge is -2.45. The average Bonchev–Trinajstić information content (AvgIpc) is 3.21. The number of hydrogen-bond donors (Lipinski definition) is 2. The van der Waals surface area contributed by atoms with Gasteiger partial charge in [0.1, 0.15) is 0 Å². The molecule has 0 radical (unpaired) electrons. The molecule has 3 N–H and O–H groups in total. The molecule has 5 rings (SSSR count). The van der Waals surface area contributed by atoms with Crippen LogP contribution in [0.25, 0.3) is 0 Å². The molecule has 0 bridgehead atoms. The Kier molecular flexibility index (Phi) is 4.82. The van der Waals surface area contributed by atoms with Crippen LogP contribution in [0.3, 0.4) is 0 Å². The second-order valence-corrected chi connectivity index (χ2v) is 9.13. The van der Waals surface area contributed by atoms with Crippen molar-refractivity contribution in [3.8, 4) is 0 Å². The van der Waals surface area contributed by atoms with Gasteiger partial charge in [-0.25, -0.2) is 9.79 Å². The molecule has 1 amide bonds. The van der Waals surface area contributed by atoms with Gasteiger partial charge < -0.3 is 15.6 Å². The van der Waals surface area contributed by atoms with Gasteiger partial charge in [0.15, 0.2) is 11.5 Å². The van der Waals surface area contributed by atoms with Crippen LogP contribution in [0.4, 0.5) is 0 Å². The fourth-order valence-electron chi connectivity index (χ4n) is 5.92. The van der Waals surface area contributed by atoms with Crippen molar-refractivity contribution in [2.45, 2.75) is 50.3 Å². The van der Waals surface area contributed by atoms with Gasteiger partial charge in [0.2, 0.25) is 0 Å². The van der Waals surface area contributed by atoms with Gasteiger partial charge in [-0.15, -0.1) is 0 Å². The zero-order valence-corrected chi connectivity index (χ0v) is 18.1. The second kappa shape index (κ2) is 7.45. The number of carboxylic acid groups (broad SMARTS) is 1. The summed E-state index contributed by atoms with van der Waals surface area (Å²) >= 11 is 0. The monoisotopic (exact) mass is 433 g/mol. The van der Waals surface area contributed by atoms with Gasteiger partial charge in [-0.1, -0.05) is 36.4 Å². The standard InChI is InChI=1S/C25H27N3O4/c1-32-19-9-11-24(12-10-19)14-18-8-7-17(21(29)30)13-20(18)25(24)22(31)28(23(26)27-25)15-16-5-3-2-4-6-16/h2-8,13,19H,9-12,14-15H2,1H3,(H2,26,27)(H,29,30)/t19-,24-,25?. The van der Waals surface area contributed by atoms with Gasteiger partial charge >= 0.3 is 5.97 Å². The summed E-state index contributed by atoms with van der Waals surface area (Å²) in [6.45, 7) is 0.335. The maximum atomic E-state index is 14.2. The predicted molar refractivity (Wildman–Crippen MR) is 119 cm³/mol. The van der Waals surface area contributed by atoms with Crippen LogP contribution in [-0.4, -0.2) is 41.1 Å². The number of carbonyl (C=O) groups excluding carboxylic acids is 1. The van der Waals surface area contributed by atoms with Crippen molar-refractivity contribution in [2.75, 3.05) is 7.11 Å². The molecule has 1 fully saturated rings. The third kappa shape index (κ3) is 2.88. The van der Waals surface area contributed by atoms with Crippen LogP contribution < -0.4 is 5.73 Å². The van der Waals surface area contributed by atoms with Crippen molar-refractivity contribution in [2.24, 2.45) is 16.1 Å². The number of methoxy groups -OCH3 is 1. The number of carbonyl (C=O) groups is 2. The average molecular weight is 434 g/mol. The largest absolute Gasteiger partial charge is 0.478 e. The molecule has 1 unspecified atom stereocenters. The third-order valence-electron chi connectivity index (χ3n) is 7.56. The Balaban J connectivity index is 1.62. The number of hydrogen-bond acceptors (Lipinski definition) is 5. The quantitative estimate of drug-likeness (QED) is 0.771. The SMILES string of the molecule is CO[C@H]1CC[C@]2(CC1)Cc1ccc(C(=O)O)cc1C21N=C(N)N(Cc2ccccc2)C1=O. The summed E-state index contributed by atoms with van der Waals surface area (Å²) in [5, 5.41) is 9.61. The van der Waals surface area contributed by atoms with Crippen molar-refractivity contribution < 1.29 is 19.4 Å². The normalized spacial score (nSPS) is 28.9. The number of nitrogens with zero attached hydrogens (tertiary/aromatic N) is 2. The summed E-state index contributed by atoms with van der Waals surface area (Å²) in [5.41, 5.74) is 7.56. The minimum atomic E-state index is -1.19. The molecule has 1 saturated carbocycles. The lowest BCUT2D eigenvalue weighted by molar-refractivity contribution is -0.138. The topological polar surface area (TPSA) is 105 Å². The van der Waals surface area contributed by atoms with E-state index in [1.54, 1.807) is 24.1 Å². The predicted octanol–water partition coefficient (Wildman–Crippen LogP) is 3.07. The molecule has 2 aliphatic carbocycles. The number of fused-ring (bicyclic) bond motifs is 3. The molecule has 7 nitrogen and oxygen atoms in total. The summed E-state index contributed by atoms with van der Waals surface area (Å²) in [5.74, 6) is -0.979. The van der Waals surface area contributed by atoms with Gasteiger partial charge in [-0.2, -0.15) is 0 Å². The number of aromatic carboxylic acids is 1. The molecule has 1 aliphatic heterocycles. The molecule has 7 heteroatoms. The summed E-state index contributed by atoms with van der Waals surface area (Å²) in [7, 11) is 1.72. The van der Waals surface area contributed by atoms with Crippen molar-refractivity contribution in [1.29, 1.82) is 0 Å². The van der Waals surface area contributed by atoms with E-state index in [1.165, 1.54) is 0 Å². The number of ether oxygens (including phenoxy) is 1. The van der Waals surface area contributed by atoms with Crippen molar-refractivity contribution >= 4 is 17.8 Å². The lowest BCUT2D eigenvalue weighted by Crippen LogP contribution is -2.52.